The minimum atomic E-state index is -6.00. The van der Waals surface area contributed by atoms with Crippen LogP contribution in [0.25, 0.3) is 22.5 Å². The summed E-state index contributed by atoms with van der Waals surface area (Å²) in [6.45, 7) is 0. The molecule has 0 saturated carbocycles. The molecule has 3 aromatic rings. The Bertz CT molecular complexity index is 1030. The maximum atomic E-state index is 9.75. The Kier molecular flexibility index (Phi) is 12.6. The zero-order valence-corrected chi connectivity index (χ0v) is 19.0. The van der Waals surface area contributed by atoms with Gasteiger partial charge in [0.05, 0.1) is 5.56 Å². The van der Waals surface area contributed by atoms with Crippen molar-refractivity contribution < 1.29 is 65.5 Å². The highest BCUT2D eigenvalue weighted by molar-refractivity contribution is 6.50. The van der Waals surface area contributed by atoms with Gasteiger partial charge in [-0.15, -0.1) is 0 Å². The summed E-state index contributed by atoms with van der Waals surface area (Å²) < 4.78 is 123. The van der Waals surface area contributed by atoms with Gasteiger partial charge in [0.25, 0.3) is 0 Å². The Morgan fingerprint density at radius 2 is 0.889 bits per heavy atom. The van der Waals surface area contributed by atoms with Crippen LogP contribution in [0.2, 0.25) is 0 Å². The van der Waals surface area contributed by atoms with Gasteiger partial charge in [-0.1, -0.05) is 0 Å². The number of hydrogen-bond acceptors (Lipinski definition) is 0. The van der Waals surface area contributed by atoms with Crippen LogP contribution in [-0.4, -0.2) is 21.8 Å². The lowest BCUT2D eigenvalue weighted by molar-refractivity contribution is -0.672. The molecule has 3 heterocycles. The lowest BCUT2D eigenvalue weighted by Gasteiger charge is -2.02. The molecule has 200 valence electrons. The standard InChI is InChI=1S/C18H20N3.3BF4/c1-19-12-9-15(10-13-19)18-8-7-16(14-21(18)3)17-6-4-5-11-20(17)2;3*2-1(3,4)5/h4-14H,1-3H3;;;/q+3;3*-1. The number of aromatic nitrogens is 3. The zero-order chi connectivity index (χ0) is 28.3. The van der Waals surface area contributed by atoms with Crippen LogP contribution in [0.5, 0.6) is 0 Å². The minimum absolute atomic E-state index is 1.21. The van der Waals surface area contributed by atoms with Gasteiger partial charge in [-0.3, -0.25) is 0 Å². The van der Waals surface area contributed by atoms with Crippen molar-refractivity contribution in [1.29, 1.82) is 0 Å². The Morgan fingerprint density at radius 3 is 1.28 bits per heavy atom. The van der Waals surface area contributed by atoms with Gasteiger partial charge >= 0.3 is 21.8 Å². The van der Waals surface area contributed by atoms with E-state index in [4.69, 9.17) is 0 Å². The second-order valence-corrected chi connectivity index (χ2v) is 6.85. The molecule has 0 bridgehead atoms. The first-order valence-corrected chi connectivity index (χ1v) is 9.67. The Labute approximate surface area is 198 Å². The van der Waals surface area contributed by atoms with E-state index in [1.54, 1.807) is 0 Å². The van der Waals surface area contributed by atoms with E-state index in [-0.39, 0.29) is 0 Å². The summed E-state index contributed by atoms with van der Waals surface area (Å²) in [5.41, 5.74) is 4.85. The number of hydrogen-bond donors (Lipinski definition) is 0. The highest BCUT2D eigenvalue weighted by atomic mass is 19.5. The van der Waals surface area contributed by atoms with Crippen molar-refractivity contribution in [3.63, 3.8) is 0 Å². The lowest BCUT2D eigenvalue weighted by atomic mass is 10.1. The highest BCUT2D eigenvalue weighted by Gasteiger charge is 2.21. The van der Waals surface area contributed by atoms with E-state index in [9.17, 15) is 51.8 Å². The van der Waals surface area contributed by atoms with Gasteiger partial charge in [0.15, 0.2) is 24.8 Å². The van der Waals surface area contributed by atoms with E-state index in [0.29, 0.717) is 0 Å². The van der Waals surface area contributed by atoms with Crippen LogP contribution in [0.1, 0.15) is 0 Å². The summed E-state index contributed by atoms with van der Waals surface area (Å²) in [6, 6.07) is 14.9. The third-order valence-electron chi connectivity index (χ3n) is 3.76. The van der Waals surface area contributed by atoms with Gasteiger partial charge in [0.1, 0.15) is 26.7 Å². The molecule has 0 radical (unpaired) electrons. The van der Waals surface area contributed by atoms with E-state index >= 15 is 0 Å². The molecular formula is C18H20B3F12N3. The summed E-state index contributed by atoms with van der Waals surface area (Å²) in [5.74, 6) is 0. The first kappa shape index (κ1) is 32.8. The normalized spacial score (nSPS) is 11.2. The van der Waals surface area contributed by atoms with Crippen molar-refractivity contribution >= 4 is 21.8 Å². The second-order valence-electron chi connectivity index (χ2n) is 6.85. The number of pyridine rings is 3. The summed E-state index contributed by atoms with van der Waals surface area (Å²) in [7, 11) is -11.8. The average molecular weight is 539 g/mol. The molecule has 3 rings (SSSR count). The van der Waals surface area contributed by atoms with Crippen LogP contribution in [0.3, 0.4) is 0 Å². The largest absolute Gasteiger partial charge is 0.673 e. The molecule has 0 spiro atoms. The molecule has 0 aliphatic carbocycles. The Hall–Kier alpha value is -3.20. The smallest absolute Gasteiger partial charge is 0.418 e. The van der Waals surface area contributed by atoms with Crippen LogP contribution >= 0.6 is 0 Å². The van der Waals surface area contributed by atoms with E-state index in [1.165, 1.54) is 22.5 Å². The molecule has 0 saturated heterocycles. The molecule has 0 aliphatic heterocycles. The van der Waals surface area contributed by atoms with E-state index in [1.807, 2.05) is 17.7 Å². The van der Waals surface area contributed by atoms with E-state index < -0.39 is 21.8 Å². The fourth-order valence-corrected chi connectivity index (χ4v) is 2.55. The first-order chi connectivity index (χ1) is 16.1. The summed E-state index contributed by atoms with van der Waals surface area (Å²) in [5, 5.41) is 0. The molecular weight excluding hydrogens is 519 g/mol. The third-order valence-corrected chi connectivity index (χ3v) is 3.76. The summed E-state index contributed by atoms with van der Waals surface area (Å²) in [6.07, 6.45) is 8.39. The number of aryl methyl sites for hydroxylation is 3. The molecule has 36 heavy (non-hydrogen) atoms. The Morgan fingerprint density at radius 1 is 0.472 bits per heavy atom. The zero-order valence-electron chi connectivity index (χ0n) is 19.0. The SMILES string of the molecule is C[n+]1ccc(-c2ccc(-c3cccc[n+]3C)c[n+]2C)cc1.F[B-](F)(F)F.F[B-](F)(F)F.F[B-](F)(F)F. The van der Waals surface area contributed by atoms with Crippen LogP contribution in [-0.2, 0) is 21.1 Å². The number of halogens is 12. The lowest BCUT2D eigenvalue weighted by Crippen LogP contribution is -2.34. The topological polar surface area (TPSA) is 11.6 Å². The molecule has 18 heteroatoms. The van der Waals surface area contributed by atoms with Gasteiger partial charge in [0, 0.05) is 30.3 Å². The maximum absolute atomic E-state index is 9.75. The number of rotatable bonds is 2. The summed E-state index contributed by atoms with van der Waals surface area (Å²) >= 11 is 0. The maximum Gasteiger partial charge on any atom is 0.673 e. The first-order valence-electron chi connectivity index (χ1n) is 9.67. The van der Waals surface area contributed by atoms with Crippen molar-refractivity contribution in [2.45, 2.75) is 0 Å². The highest BCUT2D eigenvalue weighted by Crippen LogP contribution is 2.18. The average Bonchev–Trinajstić information content (AvgIpc) is 2.65. The summed E-state index contributed by atoms with van der Waals surface area (Å²) in [4.78, 5) is 0. The van der Waals surface area contributed by atoms with E-state index in [0.717, 1.165) is 0 Å². The van der Waals surface area contributed by atoms with Crippen molar-refractivity contribution in [1.82, 2.24) is 0 Å². The van der Waals surface area contributed by atoms with Crippen LogP contribution < -0.4 is 13.7 Å². The molecule has 0 N–H and O–H groups in total. The van der Waals surface area contributed by atoms with Gasteiger partial charge in [-0.05, 0) is 12.1 Å². The molecule has 3 aromatic heterocycles. The molecule has 0 fully saturated rings. The minimum Gasteiger partial charge on any atom is -0.418 e. The van der Waals surface area contributed by atoms with Crippen LogP contribution in [0, 0.1) is 0 Å². The van der Waals surface area contributed by atoms with Crippen LogP contribution in [0.4, 0.5) is 51.8 Å². The predicted octanol–water partition coefficient (Wildman–Crippen LogP) is 5.39. The van der Waals surface area contributed by atoms with E-state index in [2.05, 4.69) is 84.4 Å². The van der Waals surface area contributed by atoms with Gasteiger partial charge in [-0.25, -0.2) is 13.7 Å². The fourth-order valence-electron chi connectivity index (χ4n) is 2.55. The third kappa shape index (κ3) is 18.2. The quantitative estimate of drug-likeness (QED) is 0.235. The molecule has 0 unspecified atom stereocenters. The molecule has 3 nitrogen and oxygen atoms in total. The van der Waals surface area contributed by atoms with Gasteiger partial charge in [0.2, 0.25) is 11.4 Å². The second kappa shape index (κ2) is 13.8. The molecule has 0 aromatic carbocycles. The van der Waals surface area contributed by atoms with Crippen molar-refractivity contribution in [3.05, 3.63) is 67.3 Å². The van der Waals surface area contributed by atoms with Gasteiger partial charge in [-0.2, -0.15) is 0 Å². The van der Waals surface area contributed by atoms with Crippen molar-refractivity contribution in [2.24, 2.45) is 21.1 Å². The number of nitrogens with zero attached hydrogens (tertiary/aromatic N) is 3. The van der Waals surface area contributed by atoms with Gasteiger partial charge < -0.3 is 51.8 Å². The predicted molar refractivity (Wildman–Crippen MR) is 111 cm³/mol. The van der Waals surface area contributed by atoms with Crippen molar-refractivity contribution in [2.75, 3.05) is 0 Å². The van der Waals surface area contributed by atoms with Crippen molar-refractivity contribution in [3.8, 4) is 22.5 Å². The Balaban J connectivity index is 0.000000672. The molecule has 0 amide bonds. The molecule has 0 aliphatic rings. The molecule has 0 atom stereocenters. The fraction of sp³-hybridized carbons (Fsp3) is 0.167. The monoisotopic (exact) mass is 539 g/mol. The van der Waals surface area contributed by atoms with Crippen LogP contribution in [0.15, 0.2) is 67.3 Å².